The average molecular weight is 560 g/mol. The van der Waals surface area contributed by atoms with E-state index in [0.717, 1.165) is 61.2 Å². The van der Waals surface area contributed by atoms with Crippen LogP contribution in [0.3, 0.4) is 0 Å². The van der Waals surface area contributed by atoms with Crippen molar-refractivity contribution in [3.05, 3.63) is 83.2 Å². The molecule has 0 aliphatic heterocycles. The Labute approximate surface area is 240 Å². The Balaban J connectivity index is 0.000000164. The molecule has 7 heteroatoms. The molecule has 0 saturated heterocycles. The summed E-state index contributed by atoms with van der Waals surface area (Å²) < 4.78 is 5.65. The number of H-pyrrole nitrogens is 1. The van der Waals surface area contributed by atoms with Gasteiger partial charge in [0.25, 0.3) is 11.8 Å². The molecule has 1 atom stereocenters. The van der Waals surface area contributed by atoms with Gasteiger partial charge in [-0.2, -0.15) is 0 Å². The van der Waals surface area contributed by atoms with Crippen LogP contribution in [0.4, 0.5) is 0 Å². The van der Waals surface area contributed by atoms with Gasteiger partial charge in [-0.15, -0.1) is 0 Å². The molecule has 40 heavy (non-hydrogen) atoms. The maximum absolute atomic E-state index is 12.6. The second kappa shape index (κ2) is 12.3. The lowest BCUT2D eigenvalue weighted by Gasteiger charge is -2.38. The number of aromatic amines is 1. The van der Waals surface area contributed by atoms with Crippen LogP contribution in [0.25, 0.3) is 21.9 Å². The number of carbonyl (C=O) groups is 2. The maximum atomic E-state index is 12.6. The first-order valence-corrected chi connectivity index (χ1v) is 14.8. The van der Waals surface area contributed by atoms with Crippen LogP contribution in [0.5, 0.6) is 0 Å². The van der Waals surface area contributed by atoms with Crippen LogP contribution in [0.15, 0.2) is 71.2 Å². The molecule has 0 bridgehead atoms. The van der Waals surface area contributed by atoms with Gasteiger partial charge in [0, 0.05) is 32.9 Å². The Morgan fingerprint density at radius 2 is 1.82 bits per heavy atom. The minimum absolute atomic E-state index is 0.0260. The molecule has 4 aromatic rings. The van der Waals surface area contributed by atoms with Gasteiger partial charge in [-0.25, -0.2) is 0 Å². The molecule has 3 N–H and O–H groups in total. The predicted molar refractivity (Wildman–Crippen MR) is 162 cm³/mol. The zero-order chi connectivity index (χ0) is 28.1. The van der Waals surface area contributed by atoms with Gasteiger partial charge < -0.3 is 20.0 Å². The Morgan fingerprint density at radius 3 is 2.58 bits per heavy atom. The van der Waals surface area contributed by atoms with Crippen molar-refractivity contribution in [2.45, 2.75) is 82.7 Å². The first-order valence-electron chi connectivity index (χ1n) is 14.4. The average Bonchev–Trinajstić information content (AvgIpc) is 3.58. The van der Waals surface area contributed by atoms with E-state index in [0.29, 0.717) is 28.1 Å². The second-order valence-electron chi connectivity index (χ2n) is 11.2. The van der Waals surface area contributed by atoms with E-state index >= 15 is 0 Å². The van der Waals surface area contributed by atoms with Crippen LogP contribution in [-0.2, 0) is 0 Å². The number of fused-ring (bicyclic) bond motifs is 2. The molecule has 2 aliphatic carbocycles. The Morgan fingerprint density at radius 1 is 1.02 bits per heavy atom. The summed E-state index contributed by atoms with van der Waals surface area (Å²) in [4.78, 5) is 27.9. The molecule has 2 aromatic heterocycles. The van der Waals surface area contributed by atoms with Crippen molar-refractivity contribution in [1.29, 1.82) is 0 Å². The van der Waals surface area contributed by atoms with Gasteiger partial charge >= 0.3 is 0 Å². The van der Waals surface area contributed by atoms with Gasteiger partial charge in [-0.05, 0) is 81.3 Å². The summed E-state index contributed by atoms with van der Waals surface area (Å²) in [6.45, 7) is 6.20. The van der Waals surface area contributed by atoms with E-state index in [1.807, 2.05) is 30.3 Å². The zero-order valence-electron chi connectivity index (χ0n) is 23.2. The third-order valence-corrected chi connectivity index (χ3v) is 8.48. The van der Waals surface area contributed by atoms with Gasteiger partial charge in [-0.1, -0.05) is 68.1 Å². The Kier molecular flexibility index (Phi) is 8.65. The van der Waals surface area contributed by atoms with Crippen molar-refractivity contribution in [3.63, 3.8) is 0 Å². The highest BCUT2D eigenvalue weighted by Crippen LogP contribution is 2.34. The number of aromatic nitrogens is 1. The lowest BCUT2D eigenvalue weighted by Crippen LogP contribution is -2.49. The molecule has 0 radical (unpaired) electrons. The van der Waals surface area contributed by atoms with Crippen LogP contribution < -0.4 is 10.6 Å². The third kappa shape index (κ3) is 6.61. The number of furan rings is 1. The fourth-order valence-electron chi connectivity index (χ4n) is 5.96. The summed E-state index contributed by atoms with van der Waals surface area (Å²) in [5.74, 6) is 0.197. The highest BCUT2D eigenvalue weighted by molar-refractivity contribution is 6.31. The topological polar surface area (TPSA) is 87.1 Å². The van der Waals surface area contributed by atoms with Gasteiger partial charge in [0.2, 0.25) is 0 Å². The van der Waals surface area contributed by atoms with Crippen LogP contribution >= 0.6 is 11.6 Å². The number of benzene rings is 2. The smallest absolute Gasteiger partial charge is 0.287 e. The van der Waals surface area contributed by atoms with Crippen LogP contribution in [0.2, 0.25) is 5.02 Å². The molecule has 2 aromatic carbocycles. The third-order valence-electron chi connectivity index (χ3n) is 8.25. The van der Waals surface area contributed by atoms with Crippen molar-refractivity contribution in [3.8, 4) is 0 Å². The molecular formula is C33H38ClN3O3. The molecule has 1 unspecified atom stereocenters. The molecule has 2 heterocycles. The molecule has 2 fully saturated rings. The van der Waals surface area contributed by atoms with Gasteiger partial charge in [0.1, 0.15) is 11.3 Å². The number of hydrogen-bond donors (Lipinski definition) is 3. The van der Waals surface area contributed by atoms with E-state index in [4.69, 9.17) is 16.0 Å². The summed E-state index contributed by atoms with van der Waals surface area (Å²) in [5, 5.41) is 8.87. The number of nitrogens with one attached hydrogen (secondary N) is 3. The summed E-state index contributed by atoms with van der Waals surface area (Å²) in [7, 11) is 0. The van der Waals surface area contributed by atoms with Crippen LogP contribution in [-0.4, -0.2) is 28.4 Å². The maximum Gasteiger partial charge on any atom is 0.287 e. The molecule has 2 saturated carbocycles. The number of para-hydroxylation sites is 1. The van der Waals surface area contributed by atoms with Crippen molar-refractivity contribution in [2.75, 3.05) is 0 Å². The largest absolute Gasteiger partial charge is 0.451 e. The van der Waals surface area contributed by atoms with E-state index in [9.17, 15) is 9.59 Å². The molecular weight excluding hydrogens is 522 g/mol. The van der Waals surface area contributed by atoms with Crippen LogP contribution in [0.1, 0.15) is 92.2 Å². The molecule has 6 rings (SSSR count). The molecule has 2 amide bonds. The second-order valence-corrected chi connectivity index (χ2v) is 11.7. The summed E-state index contributed by atoms with van der Waals surface area (Å²) >= 11 is 5.97. The monoisotopic (exact) mass is 559 g/mol. The summed E-state index contributed by atoms with van der Waals surface area (Å²) in [5.41, 5.74) is 3.38. The van der Waals surface area contributed by atoms with Gasteiger partial charge in [0.15, 0.2) is 5.76 Å². The molecule has 210 valence electrons. The standard InChI is InChI=1S/C18H20ClNO2.C15H18N2O/c1-3-18(8-4-5-12(2)11-18)20-17(21)16-10-13-9-14(19)6-7-15(13)22-16;18-15(16-12-7-2-1-3-8-12)14-10-11-6-4-5-9-13(11)17-14/h6-7,9-10H,2-5,8,11H2,1H3,(H,20,21);4-6,9-10,12,17H,1-3,7-8H2,(H,16,18). The highest BCUT2D eigenvalue weighted by atomic mass is 35.5. The number of hydrogen-bond acceptors (Lipinski definition) is 3. The van der Waals surface area contributed by atoms with Crippen molar-refractivity contribution < 1.29 is 14.0 Å². The fourth-order valence-corrected chi connectivity index (χ4v) is 6.14. The number of amides is 2. The quantitative estimate of drug-likeness (QED) is 0.215. The molecule has 0 spiro atoms. The van der Waals surface area contributed by atoms with E-state index in [-0.39, 0.29) is 17.4 Å². The Hall–Kier alpha value is -3.51. The SMILES string of the molecule is C=C1CCCC(CC)(NC(=O)c2cc3cc(Cl)ccc3o2)C1.O=C(NC1CCCCC1)c1cc2ccccc2[nH]1. The predicted octanol–water partition coefficient (Wildman–Crippen LogP) is 8.33. The van der Waals surface area contributed by atoms with Crippen LogP contribution in [0, 0.1) is 0 Å². The van der Waals surface area contributed by atoms with Gasteiger partial charge in [0.05, 0.1) is 0 Å². The number of rotatable bonds is 5. The van der Waals surface area contributed by atoms with E-state index in [1.54, 1.807) is 24.3 Å². The van der Waals surface area contributed by atoms with Crippen molar-refractivity contribution >= 4 is 45.3 Å². The van der Waals surface area contributed by atoms with Crippen molar-refractivity contribution in [2.24, 2.45) is 0 Å². The number of halogens is 1. The van der Waals surface area contributed by atoms with E-state index < -0.39 is 0 Å². The molecule has 6 nitrogen and oxygen atoms in total. The van der Waals surface area contributed by atoms with Gasteiger partial charge in [-0.3, -0.25) is 9.59 Å². The lowest BCUT2D eigenvalue weighted by atomic mass is 9.77. The Bertz CT molecular complexity index is 1480. The summed E-state index contributed by atoms with van der Waals surface area (Å²) in [6, 6.07) is 17.3. The minimum atomic E-state index is -0.191. The van der Waals surface area contributed by atoms with Crippen molar-refractivity contribution in [1.82, 2.24) is 15.6 Å². The summed E-state index contributed by atoms with van der Waals surface area (Å²) in [6.07, 6.45) is 10.9. The van der Waals surface area contributed by atoms with E-state index in [1.165, 1.54) is 24.8 Å². The lowest BCUT2D eigenvalue weighted by molar-refractivity contribution is 0.0851. The first kappa shape index (κ1) is 28.0. The highest BCUT2D eigenvalue weighted by Gasteiger charge is 2.34. The van der Waals surface area contributed by atoms with E-state index in [2.05, 4.69) is 29.1 Å². The fraction of sp³-hybridized carbons (Fsp3) is 0.394. The zero-order valence-corrected chi connectivity index (χ0v) is 23.9. The first-order chi connectivity index (χ1) is 19.3. The minimum Gasteiger partial charge on any atom is -0.451 e. The molecule has 2 aliphatic rings. The normalized spacial score (nSPS) is 19.7. The number of carbonyl (C=O) groups excluding carboxylic acids is 2.